The lowest BCUT2D eigenvalue weighted by Gasteiger charge is -2.45. The van der Waals surface area contributed by atoms with Crippen LogP contribution in [-0.4, -0.2) is 43.2 Å². The van der Waals surface area contributed by atoms with E-state index in [0.29, 0.717) is 33.6 Å². The fourth-order valence-electron chi connectivity index (χ4n) is 4.27. The number of ether oxygens (including phenoxy) is 1. The molecule has 10 nitrogen and oxygen atoms in total. The van der Waals surface area contributed by atoms with Crippen LogP contribution in [0.3, 0.4) is 0 Å². The van der Waals surface area contributed by atoms with Crippen LogP contribution in [0.2, 0.25) is 0 Å². The van der Waals surface area contributed by atoms with Crippen molar-refractivity contribution in [3.63, 3.8) is 0 Å². The average Bonchev–Trinajstić information content (AvgIpc) is 3.45. The summed E-state index contributed by atoms with van der Waals surface area (Å²) < 4.78 is 12.3. The molecule has 0 bridgehead atoms. The number of fused-ring (bicyclic) bond motifs is 1. The predicted octanol–water partition coefficient (Wildman–Crippen LogP) is 3.97. The second kappa shape index (κ2) is 9.92. The Morgan fingerprint density at radius 3 is 2.55 bits per heavy atom. The Kier molecular flexibility index (Phi) is 6.30. The number of aromatic nitrogens is 5. The van der Waals surface area contributed by atoms with E-state index in [2.05, 4.69) is 15.2 Å². The minimum atomic E-state index is -0.832. The maximum Gasteiger partial charge on any atom is 0.280 e. The number of rotatable bonds is 7. The number of alkyl halides is 1. The van der Waals surface area contributed by atoms with Crippen molar-refractivity contribution in [3.8, 4) is 17.2 Å². The minimum Gasteiger partial charge on any atom is -0.497 e. The highest BCUT2D eigenvalue weighted by atomic mass is 35.5. The summed E-state index contributed by atoms with van der Waals surface area (Å²) in [5.74, 6) is 1.16. The first-order chi connectivity index (χ1) is 18.5. The van der Waals surface area contributed by atoms with Gasteiger partial charge in [-0.1, -0.05) is 36.0 Å². The van der Waals surface area contributed by atoms with Crippen molar-refractivity contribution >= 4 is 40.2 Å². The monoisotopic (exact) mass is 546 g/mol. The van der Waals surface area contributed by atoms with Crippen LogP contribution in [0.5, 0.6) is 5.75 Å². The Balaban J connectivity index is 1.38. The third-order valence-corrected chi connectivity index (χ3v) is 7.39. The SMILES string of the molecule is COc1ccc(C2C(Cl)C(=O)N2n2c(CSc3nnc(-c4ccncc4)o3)nc3ccccc3c2=O)cc1. The van der Waals surface area contributed by atoms with Crippen molar-refractivity contribution in [2.24, 2.45) is 0 Å². The molecule has 2 atom stereocenters. The standard InChI is InChI=1S/C26H19ClN6O4S/c1-36-17-8-6-15(7-9-17)22-21(27)25(35)33(22)32-20(29-19-5-3-2-4-18(19)24(32)34)14-38-26-31-30-23(37-26)16-10-12-28-13-11-16/h2-13,21-22H,14H2,1H3. The highest BCUT2D eigenvalue weighted by Crippen LogP contribution is 2.38. The highest BCUT2D eigenvalue weighted by Gasteiger charge is 2.49. The number of para-hydroxylation sites is 1. The lowest BCUT2D eigenvalue weighted by atomic mass is 9.95. The zero-order chi connectivity index (χ0) is 26.2. The first-order valence-electron chi connectivity index (χ1n) is 11.5. The summed E-state index contributed by atoms with van der Waals surface area (Å²) in [5.41, 5.74) is 1.65. The van der Waals surface area contributed by atoms with E-state index in [9.17, 15) is 9.59 Å². The Morgan fingerprint density at radius 1 is 1.03 bits per heavy atom. The molecule has 4 heterocycles. The second-order valence-electron chi connectivity index (χ2n) is 8.36. The van der Waals surface area contributed by atoms with Crippen LogP contribution in [0.1, 0.15) is 17.4 Å². The molecular weight excluding hydrogens is 528 g/mol. The van der Waals surface area contributed by atoms with Gasteiger partial charge in [0.25, 0.3) is 16.7 Å². The van der Waals surface area contributed by atoms with Gasteiger partial charge in [-0.05, 0) is 42.0 Å². The zero-order valence-electron chi connectivity index (χ0n) is 19.9. The van der Waals surface area contributed by atoms with Gasteiger partial charge >= 0.3 is 0 Å². The van der Waals surface area contributed by atoms with E-state index in [4.69, 9.17) is 25.7 Å². The number of β-lactam (4-membered cyclic amide) rings is 1. The molecule has 0 radical (unpaired) electrons. The maximum absolute atomic E-state index is 13.7. The van der Waals surface area contributed by atoms with E-state index in [1.54, 1.807) is 68.0 Å². The molecule has 1 aliphatic heterocycles. The van der Waals surface area contributed by atoms with Crippen molar-refractivity contribution in [1.82, 2.24) is 24.8 Å². The van der Waals surface area contributed by atoms with Crippen LogP contribution in [0.15, 0.2) is 87.5 Å². The molecule has 6 rings (SSSR count). The van der Waals surface area contributed by atoms with Gasteiger partial charge in [-0.3, -0.25) is 14.6 Å². The zero-order valence-corrected chi connectivity index (χ0v) is 21.5. The van der Waals surface area contributed by atoms with Gasteiger partial charge in [0.05, 0.1) is 23.8 Å². The molecular formula is C26H19ClN6O4S. The largest absolute Gasteiger partial charge is 0.497 e. The number of halogens is 1. The molecule has 2 aromatic carbocycles. The van der Waals surface area contributed by atoms with Crippen molar-refractivity contribution in [3.05, 3.63) is 94.8 Å². The smallest absolute Gasteiger partial charge is 0.280 e. The molecule has 0 N–H and O–H groups in total. The van der Waals surface area contributed by atoms with E-state index < -0.39 is 17.3 Å². The van der Waals surface area contributed by atoms with Gasteiger partial charge in [-0.2, -0.15) is 4.68 Å². The first kappa shape index (κ1) is 24.1. The fourth-order valence-corrected chi connectivity index (χ4v) is 5.29. The molecule has 1 aliphatic rings. The number of thioether (sulfide) groups is 1. The number of amides is 1. The summed E-state index contributed by atoms with van der Waals surface area (Å²) in [6.07, 6.45) is 3.27. The molecule has 190 valence electrons. The van der Waals surface area contributed by atoms with Crippen molar-refractivity contribution in [2.75, 3.05) is 12.1 Å². The van der Waals surface area contributed by atoms with Gasteiger partial charge in [0.2, 0.25) is 5.89 Å². The minimum absolute atomic E-state index is 0.185. The third kappa shape index (κ3) is 4.19. The van der Waals surface area contributed by atoms with Gasteiger partial charge in [0.15, 0.2) is 0 Å². The summed E-state index contributed by atoms with van der Waals surface area (Å²) in [6, 6.07) is 17.2. The van der Waals surface area contributed by atoms with Crippen LogP contribution in [-0.2, 0) is 10.5 Å². The lowest BCUT2D eigenvalue weighted by molar-refractivity contribution is -0.126. The average molecular weight is 547 g/mol. The van der Waals surface area contributed by atoms with E-state index in [0.717, 1.165) is 11.1 Å². The van der Waals surface area contributed by atoms with Gasteiger partial charge in [-0.15, -0.1) is 21.8 Å². The molecule has 5 aromatic rings. The van der Waals surface area contributed by atoms with Gasteiger partial charge in [0.1, 0.15) is 23.0 Å². The molecule has 3 aromatic heterocycles. The van der Waals surface area contributed by atoms with Gasteiger partial charge in [0, 0.05) is 18.0 Å². The molecule has 1 saturated heterocycles. The summed E-state index contributed by atoms with van der Waals surface area (Å²) in [5, 5.41) is 9.41. The fraction of sp³-hybridized carbons (Fsp3) is 0.154. The van der Waals surface area contributed by atoms with Crippen molar-refractivity contribution in [2.45, 2.75) is 22.4 Å². The number of methoxy groups -OCH3 is 1. The van der Waals surface area contributed by atoms with E-state index >= 15 is 0 Å². The Hall–Kier alpha value is -4.22. The summed E-state index contributed by atoms with van der Waals surface area (Å²) in [7, 11) is 1.58. The first-order valence-corrected chi connectivity index (χ1v) is 13.0. The lowest BCUT2D eigenvalue weighted by Crippen LogP contribution is -2.64. The summed E-state index contributed by atoms with van der Waals surface area (Å²) in [4.78, 5) is 35.5. The van der Waals surface area contributed by atoms with Crippen molar-refractivity contribution < 1.29 is 13.9 Å². The van der Waals surface area contributed by atoms with Crippen molar-refractivity contribution in [1.29, 1.82) is 0 Å². The maximum atomic E-state index is 13.7. The van der Waals surface area contributed by atoms with E-state index in [1.165, 1.54) is 21.4 Å². The number of carbonyl (C=O) groups is 1. The van der Waals surface area contributed by atoms with Crippen LogP contribution >= 0.6 is 23.4 Å². The third-order valence-electron chi connectivity index (χ3n) is 6.15. The number of nitrogens with zero attached hydrogens (tertiary/aromatic N) is 6. The van der Waals surface area contributed by atoms with E-state index in [-0.39, 0.29) is 11.3 Å². The molecule has 2 unspecified atom stereocenters. The molecule has 0 aliphatic carbocycles. The molecule has 12 heteroatoms. The molecule has 1 fully saturated rings. The number of hydrogen-bond acceptors (Lipinski definition) is 9. The quantitative estimate of drug-likeness (QED) is 0.170. The van der Waals surface area contributed by atoms with Gasteiger partial charge in [-0.25, -0.2) is 9.99 Å². The van der Waals surface area contributed by atoms with E-state index in [1.807, 2.05) is 12.1 Å². The number of hydrogen-bond donors (Lipinski definition) is 0. The summed E-state index contributed by atoms with van der Waals surface area (Å²) in [6.45, 7) is 0. The molecule has 38 heavy (non-hydrogen) atoms. The second-order valence-corrected chi connectivity index (χ2v) is 9.76. The predicted molar refractivity (Wildman–Crippen MR) is 142 cm³/mol. The topological polar surface area (TPSA) is 116 Å². The number of pyridine rings is 1. The number of carbonyl (C=O) groups excluding carboxylic acids is 1. The highest BCUT2D eigenvalue weighted by molar-refractivity contribution is 7.98. The van der Waals surface area contributed by atoms with Crippen LogP contribution in [0.4, 0.5) is 0 Å². The Bertz CT molecular complexity index is 1690. The normalized spacial score (nSPS) is 17.0. The Morgan fingerprint density at radius 2 is 1.79 bits per heavy atom. The van der Waals surface area contributed by atoms with Crippen LogP contribution in [0.25, 0.3) is 22.4 Å². The molecule has 0 spiro atoms. The Labute approximate surface area is 225 Å². The molecule has 0 saturated carbocycles. The molecule has 1 amide bonds. The summed E-state index contributed by atoms with van der Waals surface area (Å²) >= 11 is 7.68. The number of benzene rings is 2. The van der Waals surface area contributed by atoms with Crippen LogP contribution < -0.4 is 15.3 Å². The van der Waals surface area contributed by atoms with Gasteiger partial charge < -0.3 is 9.15 Å². The van der Waals surface area contributed by atoms with Crippen LogP contribution in [0, 0.1) is 0 Å².